The lowest BCUT2D eigenvalue weighted by molar-refractivity contribution is 0.578. The molecule has 0 atom stereocenters. The fourth-order valence-corrected chi connectivity index (χ4v) is 2.32. The predicted molar refractivity (Wildman–Crippen MR) is 63.9 cm³/mol. The van der Waals surface area contributed by atoms with Crippen molar-refractivity contribution in [2.24, 2.45) is 5.73 Å². The van der Waals surface area contributed by atoms with Crippen LogP contribution in [0.4, 0.5) is 0 Å². The number of aromatic amines is 1. The third-order valence-corrected chi connectivity index (χ3v) is 3.62. The van der Waals surface area contributed by atoms with Crippen LogP contribution >= 0.6 is 0 Å². The van der Waals surface area contributed by atoms with Crippen LogP contribution in [0.1, 0.15) is 5.82 Å². The second-order valence-electron chi connectivity index (χ2n) is 3.59. The molecule has 18 heavy (non-hydrogen) atoms. The van der Waals surface area contributed by atoms with E-state index >= 15 is 0 Å². The van der Waals surface area contributed by atoms with E-state index in [-0.39, 0.29) is 11.4 Å². The number of rotatable bonds is 6. The van der Waals surface area contributed by atoms with E-state index in [0.717, 1.165) is 0 Å². The zero-order chi connectivity index (χ0) is 13.0. The summed E-state index contributed by atoms with van der Waals surface area (Å²) in [7, 11) is -3.57. The summed E-state index contributed by atoms with van der Waals surface area (Å²) >= 11 is 0. The van der Waals surface area contributed by atoms with Gasteiger partial charge in [-0.2, -0.15) is 5.10 Å². The molecule has 0 saturated heterocycles. The molecule has 98 valence electrons. The van der Waals surface area contributed by atoms with Crippen molar-refractivity contribution in [1.82, 2.24) is 24.5 Å². The molecule has 2 heterocycles. The summed E-state index contributed by atoms with van der Waals surface area (Å²) in [5.74, 6) is 0.549. The standard InChI is InChI=1S/C9H14N6O2S/c10-1-4-15-7-8(5-13-15)18(16,17)14-6-9-11-2-3-12-9/h2-3,5,7,14H,1,4,6,10H2,(H,11,12). The number of nitrogens with two attached hydrogens (primary N) is 1. The Morgan fingerprint density at radius 1 is 1.50 bits per heavy atom. The van der Waals surface area contributed by atoms with Gasteiger partial charge in [0.1, 0.15) is 10.7 Å². The van der Waals surface area contributed by atoms with Gasteiger partial charge in [0.25, 0.3) is 0 Å². The van der Waals surface area contributed by atoms with Gasteiger partial charge in [-0.05, 0) is 0 Å². The van der Waals surface area contributed by atoms with E-state index in [9.17, 15) is 8.42 Å². The zero-order valence-corrected chi connectivity index (χ0v) is 10.4. The van der Waals surface area contributed by atoms with Gasteiger partial charge in [0.2, 0.25) is 10.0 Å². The van der Waals surface area contributed by atoms with Crippen molar-refractivity contribution in [3.63, 3.8) is 0 Å². The van der Waals surface area contributed by atoms with Crippen LogP contribution in [0.15, 0.2) is 29.7 Å². The third-order valence-electron chi connectivity index (χ3n) is 2.26. The molecule has 0 spiro atoms. The highest BCUT2D eigenvalue weighted by molar-refractivity contribution is 7.89. The highest BCUT2D eigenvalue weighted by atomic mass is 32.2. The first-order chi connectivity index (χ1) is 8.62. The van der Waals surface area contributed by atoms with E-state index in [4.69, 9.17) is 5.73 Å². The molecule has 9 heteroatoms. The molecule has 2 aromatic heterocycles. The normalized spacial score (nSPS) is 11.8. The summed E-state index contributed by atoms with van der Waals surface area (Å²) < 4.78 is 27.7. The zero-order valence-electron chi connectivity index (χ0n) is 9.57. The average molecular weight is 270 g/mol. The first kappa shape index (κ1) is 12.7. The Balaban J connectivity index is 2.05. The van der Waals surface area contributed by atoms with Crippen molar-refractivity contribution < 1.29 is 8.42 Å². The summed E-state index contributed by atoms with van der Waals surface area (Å²) in [6, 6.07) is 0. The maximum Gasteiger partial charge on any atom is 0.244 e. The smallest absolute Gasteiger partial charge is 0.244 e. The van der Waals surface area contributed by atoms with Gasteiger partial charge < -0.3 is 10.7 Å². The molecular formula is C9H14N6O2S. The summed E-state index contributed by atoms with van der Waals surface area (Å²) in [4.78, 5) is 6.85. The van der Waals surface area contributed by atoms with Crippen LogP contribution in [-0.2, 0) is 23.1 Å². The third kappa shape index (κ3) is 2.94. The van der Waals surface area contributed by atoms with Crippen LogP contribution in [0.3, 0.4) is 0 Å². The second kappa shape index (κ2) is 5.29. The van der Waals surface area contributed by atoms with Crippen molar-refractivity contribution in [2.75, 3.05) is 6.54 Å². The number of nitrogens with zero attached hydrogens (tertiary/aromatic N) is 3. The molecule has 0 aromatic carbocycles. The van der Waals surface area contributed by atoms with Crippen LogP contribution in [0.2, 0.25) is 0 Å². The Morgan fingerprint density at radius 2 is 2.33 bits per heavy atom. The fourth-order valence-electron chi connectivity index (χ4n) is 1.38. The van der Waals surface area contributed by atoms with E-state index in [1.165, 1.54) is 17.1 Å². The molecular weight excluding hydrogens is 256 g/mol. The van der Waals surface area contributed by atoms with E-state index in [0.29, 0.717) is 18.9 Å². The molecule has 0 aliphatic carbocycles. The van der Waals surface area contributed by atoms with Gasteiger partial charge in [-0.3, -0.25) is 4.68 Å². The van der Waals surface area contributed by atoms with Gasteiger partial charge in [0.05, 0.1) is 19.3 Å². The molecule has 0 aliphatic rings. The minimum atomic E-state index is -3.57. The number of H-pyrrole nitrogens is 1. The summed E-state index contributed by atoms with van der Waals surface area (Å²) in [6.07, 6.45) is 5.92. The molecule has 0 radical (unpaired) electrons. The van der Waals surface area contributed by atoms with Crippen LogP contribution in [-0.4, -0.2) is 34.7 Å². The Hall–Kier alpha value is -1.71. The van der Waals surface area contributed by atoms with E-state index in [2.05, 4.69) is 19.8 Å². The van der Waals surface area contributed by atoms with Gasteiger partial charge in [0, 0.05) is 25.1 Å². The van der Waals surface area contributed by atoms with Crippen molar-refractivity contribution >= 4 is 10.0 Å². The van der Waals surface area contributed by atoms with Crippen molar-refractivity contribution in [2.45, 2.75) is 18.0 Å². The number of sulfonamides is 1. The lowest BCUT2D eigenvalue weighted by atomic mass is 10.6. The number of nitrogens with one attached hydrogen (secondary N) is 2. The molecule has 8 nitrogen and oxygen atoms in total. The summed E-state index contributed by atoms with van der Waals surface area (Å²) in [6.45, 7) is 0.992. The van der Waals surface area contributed by atoms with Crippen LogP contribution < -0.4 is 10.5 Å². The molecule has 0 fully saturated rings. The predicted octanol–water partition coefficient (Wildman–Crippen LogP) is -0.957. The molecule has 0 saturated carbocycles. The van der Waals surface area contributed by atoms with E-state index < -0.39 is 10.0 Å². The molecule has 2 aromatic rings. The minimum absolute atomic E-state index is 0.109. The maximum atomic E-state index is 11.9. The molecule has 2 rings (SSSR count). The van der Waals surface area contributed by atoms with Crippen molar-refractivity contribution in [3.05, 3.63) is 30.6 Å². The molecule has 0 aliphatic heterocycles. The highest BCUT2D eigenvalue weighted by Crippen LogP contribution is 2.07. The first-order valence-electron chi connectivity index (χ1n) is 5.32. The number of hydrogen-bond acceptors (Lipinski definition) is 5. The van der Waals surface area contributed by atoms with E-state index in [1.54, 1.807) is 12.4 Å². The quantitative estimate of drug-likeness (QED) is 0.625. The van der Waals surface area contributed by atoms with Crippen LogP contribution in [0.25, 0.3) is 0 Å². The number of aromatic nitrogens is 4. The second-order valence-corrected chi connectivity index (χ2v) is 5.36. The summed E-state index contributed by atoms with van der Waals surface area (Å²) in [5, 5.41) is 3.91. The Kier molecular flexibility index (Phi) is 3.75. The van der Waals surface area contributed by atoms with Crippen LogP contribution in [0, 0.1) is 0 Å². The lowest BCUT2D eigenvalue weighted by Gasteiger charge is -2.02. The van der Waals surface area contributed by atoms with Gasteiger partial charge in [-0.1, -0.05) is 0 Å². The SMILES string of the molecule is NCCn1cc(S(=O)(=O)NCc2ncc[nH]2)cn1. The Bertz CT molecular complexity index is 588. The largest absolute Gasteiger partial charge is 0.347 e. The van der Waals surface area contributed by atoms with Crippen molar-refractivity contribution in [1.29, 1.82) is 0 Å². The molecule has 0 amide bonds. The maximum absolute atomic E-state index is 11.9. The molecule has 4 N–H and O–H groups in total. The van der Waals surface area contributed by atoms with Crippen LogP contribution in [0.5, 0.6) is 0 Å². The minimum Gasteiger partial charge on any atom is -0.347 e. The summed E-state index contributed by atoms with van der Waals surface area (Å²) in [5.41, 5.74) is 5.36. The van der Waals surface area contributed by atoms with E-state index in [1.807, 2.05) is 0 Å². The van der Waals surface area contributed by atoms with Gasteiger partial charge in [-0.25, -0.2) is 18.1 Å². The van der Waals surface area contributed by atoms with Gasteiger partial charge >= 0.3 is 0 Å². The Morgan fingerprint density at radius 3 is 3.00 bits per heavy atom. The monoisotopic (exact) mass is 270 g/mol. The van der Waals surface area contributed by atoms with Crippen molar-refractivity contribution in [3.8, 4) is 0 Å². The molecule has 0 bridgehead atoms. The first-order valence-corrected chi connectivity index (χ1v) is 6.80. The average Bonchev–Trinajstić information content (AvgIpc) is 2.98. The van der Waals surface area contributed by atoms with Gasteiger partial charge in [0.15, 0.2) is 0 Å². The van der Waals surface area contributed by atoms with Gasteiger partial charge in [-0.15, -0.1) is 0 Å². The number of imidazole rings is 1. The Labute approximate surface area is 104 Å². The topological polar surface area (TPSA) is 119 Å². The highest BCUT2D eigenvalue weighted by Gasteiger charge is 2.16. The lowest BCUT2D eigenvalue weighted by Crippen LogP contribution is -2.23. The molecule has 0 unspecified atom stereocenters. The fraction of sp³-hybridized carbons (Fsp3) is 0.333. The number of hydrogen-bond donors (Lipinski definition) is 3.